The first kappa shape index (κ1) is 13.3. The highest BCUT2D eigenvalue weighted by Crippen LogP contribution is 2.27. The smallest absolute Gasteiger partial charge is 0.389 e. The largest absolute Gasteiger partial charge is 0.481 e. The van der Waals surface area contributed by atoms with Crippen molar-refractivity contribution in [3.8, 4) is 0 Å². The number of carboxylic acid groups (broad SMARTS) is 1. The van der Waals surface area contributed by atoms with Gasteiger partial charge in [-0.05, 0) is 26.7 Å². The molecule has 0 heterocycles. The van der Waals surface area contributed by atoms with Crippen molar-refractivity contribution in [3.63, 3.8) is 0 Å². The Bertz CT molecular complexity index is 197. The van der Waals surface area contributed by atoms with Gasteiger partial charge in [0.15, 0.2) is 0 Å². The molecule has 0 spiro atoms. The highest BCUT2D eigenvalue weighted by atomic mass is 19.4. The lowest BCUT2D eigenvalue weighted by Crippen LogP contribution is -2.23. The summed E-state index contributed by atoms with van der Waals surface area (Å²) in [6.07, 6.45) is -4.40. The maximum absolute atomic E-state index is 11.7. The highest BCUT2D eigenvalue weighted by molar-refractivity contribution is 5.73. The molecule has 0 amide bonds. The second-order valence-electron chi connectivity index (χ2n) is 4.01. The average Bonchev–Trinajstić information content (AvgIpc) is 1.96. The molecule has 0 aliphatic carbocycles. The van der Waals surface area contributed by atoms with E-state index in [1.807, 2.05) is 0 Å². The van der Waals surface area contributed by atoms with Crippen LogP contribution < -0.4 is 0 Å². The van der Waals surface area contributed by atoms with Gasteiger partial charge >= 0.3 is 12.1 Å². The van der Waals surface area contributed by atoms with Gasteiger partial charge in [0.2, 0.25) is 0 Å². The Morgan fingerprint density at radius 1 is 1.14 bits per heavy atom. The summed E-state index contributed by atoms with van der Waals surface area (Å²) in [5.41, 5.74) is -0.925. The lowest BCUT2D eigenvalue weighted by atomic mass is 9.87. The minimum absolute atomic E-state index is 0.000208. The molecular formula is C9H15F3O2. The summed E-state index contributed by atoms with van der Waals surface area (Å²) in [5.74, 6) is -0.968. The van der Waals surface area contributed by atoms with Crippen LogP contribution in [0.4, 0.5) is 13.2 Å². The van der Waals surface area contributed by atoms with Crippen LogP contribution in [0, 0.1) is 5.41 Å². The number of unbranched alkanes of at least 4 members (excludes halogenated alkanes) is 1. The van der Waals surface area contributed by atoms with Gasteiger partial charge in [0.05, 0.1) is 5.41 Å². The lowest BCUT2D eigenvalue weighted by molar-refractivity contribution is -0.147. The molecule has 0 aliphatic rings. The second kappa shape index (κ2) is 4.66. The molecular weight excluding hydrogens is 197 g/mol. The summed E-state index contributed by atoms with van der Waals surface area (Å²) in [5, 5.41) is 8.68. The Labute approximate surface area is 81.1 Å². The second-order valence-corrected chi connectivity index (χ2v) is 4.01. The Morgan fingerprint density at radius 3 is 1.93 bits per heavy atom. The van der Waals surface area contributed by atoms with Crippen molar-refractivity contribution in [2.45, 2.75) is 45.7 Å². The maximum Gasteiger partial charge on any atom is 0.389 e. The van der Waals surface area contributed by atoms with Gasteiger partial charge in [-0.1, -0.05) is 6.42 Å². The monoisotopic (exact) mass is 212 g/mol. The summed E-state index contributed by atoms with van der Waals surface area (Å²) < 4.78 is 35.2. The van der Waals surface area contributed by atoms with E-state index in [9.17, 15) is 18.0 Å². The molecule has 84 valence electrons. The predicted octanol–water partition coefficient (Wildman–Crippen LogP) is 3.22. The quantitative estimate of drug-likeness (QED) is 0.710. The van der Waals surface area contributed by atoms with Gasteiger partial charge in [0.1, 0.15) is 0 Å². The fraction of sp³-hybridized carbons (Fsp3) is 0.889. The summed E-state index contributed by atoms with van der Waals surface area (Å²) in [7, 11) is 0. The first-order chi connectivity index (χ1) is 6.15. The zero-order valence-corrected chi connectivity index (χ0v) is 8.32. The average molecular weight is 212 g/mol. The van der Waals surface area contributed by atoms with E-state index in [0.717, 1.165) is 0 Å². The van der Waals surface area contributed by atoms with Crippen molar-refractivity contribution in [2.24, 2.45) is 5.41 Å². The number of hydrogen-bond donors (Lipinski definition) is 1. The van der Waals surface area contributed by atoms with Crippen LogP contribution in [0.2, 0.25) is 0 Å². The summed E-state index contributed by atoms with van der Waals surface area (Å²) in [6.45, 7) is 3.03. The molecule has 0 fully saturated rings. The third-order valence-electron chi connectivity index (χ3n) is 2.09. The van der Waals surface area contributed by atoms with Crippen molar-refractivity contribution >= 4 is 5.97 Å². The molecule has 0 aromatic carbocycles. The Kier molecular flexibility index (Phi) is 4.42. The van der Waals surface area contributed by atoms with E-state index in [2.05, 4.69) is 0 Å². The maximum atomic E-state index is 11.7. The normalized spacial score (nSPS) is 12.9. The molecule has 0 saturated heterocycles. The minimum Gasteiger partial charge on any atom is -0.481 e. The van der Waals surface area contributed by atoms with Crippen LogP contribution in [0.3, 0.4) is 0 Å². The van der Waals surface area contributed by atoms with E-state index < -0.39 is 24.0 Å². The van der Waals surface area contributed by atoms with Gasteiger partial charge in [0, 0.05) is 6.42 Å². The van der Waals surface area contributed by atoms with Gasteiger partial charge in [-0.15, -0.1) is 0 Å². The van der Waals surface area contributed by atoms with E-state index in [4.69, 9.17) is 5.11 Å². The molecule has 1 N–H and O–H groups in total. The van der Waals surface area contributed by atoms with Crippen molar-refractivity contribution < 1.29 is 23.1 Å². The van der Waals surface area contributed by atoms with Crippen molar-refractivity contribution in [3.05, 3.63) is 0 Å². The number of rotatable bonds is 5. The first-order valence-corrected chi connectivity index (χ1v) is 4.45. The molecule has 0 aromatic heterocycles. The fourth-order valence-corrected chi connectivity index (χ4v) is 0.999. The first-order valence-electron chi connectivity index (χ1n) is 4.45. The predicted molar refractivity (Wildman–Crippen MR) is 45.9 cm³/mol. The summed E-state index contributed by atoms with van der Waals surface area (Å²) in [6, 6.07) is 0. The van der Waals surface area contributed by atoms with Crippen molar-refractivity contribution in [1.29, 1.82) is 0 Å². The van der Waals surface area contributed by atoms with E-state index in [1.54, 1.807) is 0 Å². The van der Waals surface area contributed by atoms with Crippen LogP contribution in [0.5, 0.6) is 0 Å². The van der Waals surface area contributed by atoms with Crippen LogP contribution in [0.15, 0.2) is 0 Å². The number of carboxylic acids is 1. The van der Waals surface area contributed by atoms with E-state index in [0.29, 0.717) is 6.42 Å². The van der Waals surface area contributed by atoms with E-state index in [1.165, 1.54) is 13.8 Å². The zero-order valence-electron chi connectivity index (χ0n) is 8.32. The molecule has 0 rings (SSSR count). The van der Waals surface area contributed by atoms with Crippen LogP contribution in [-0.2, 0) is 4.79 Å². The van der Waals surface area contributed by atoms with Gasteiger partial charge < -0.3 is 5.11 Å². The number of alkyl halides is 3. The molecule has 0 saturated carbocycles. The molecule has 0 aromatic rings. The molecule has 0 aliphatic heterocycles. The molecule has 14 heavy (non-hydrogen) atoms. The summed E-state index contributed by atoms with van der Waals surface area (Å²) in [4.78, 5) is 10.6. The molecule has 0 atom stereocenters. The molecule has 0 bridgehead atoms. The number of aliphatic carboxylic acids is 1. The Balaban J connectivity index is 3.70. The minimum atomic E-state index is -4.13. The van der Waals surface area contributed by atoms with Crippen molar-refractivity contribution in [2.75, 3.05) is 0 Å². The van der Waals surface area contributed by atoms with Crippen LogP contribution in [-0.4, -0.2) is 17.3 Å². The van der Waals surface area contributed by atoms with Gasteiger partial charge in [-0.3, -0.25) is 4.79 Å². The van der Waals surface area contributed by atoms with Crippen LogP contribution in [0.1, 0.15) is 39.5 Å². The highest BCUT2D eigenvalue weighted by Gasteiger charge is 2.29. The SMILES string of the molecule is CC(C)(CCCCC(F)(F)F)C(=O)O. The topological polar surface area (TPSA) is 37.3 Å². The Morgan fingerprint density at radius 2 is 1.57 bits per heavy atom. The molecule has 0 unspecified atom stereocenters. The molecule has 0 radical (unpaired) electrons. The third-order valence-corrected chi connectivity index (χ3v) is 2.09. The molecule has 5 heteroatoms. The van der Waals surface area contributed by atoms with Crippen molar-refractivity contribution in [1.82, 2.24) is 0 Å². The van der Waals surface area contributed by atoms with Crippen LogP contribution >= 0.6 is 0 Å². The van der Waals surface area contributed by atoms with Crippen LogP contribution in [0.25, 0.3) is 0 Å². The zero-order chi connectivity index (χ0) is 11.4. The number of halogens is 3. The lowest BCUT2D eigenvalue weighted by Gasteiger charge is -2.18. The van der Waals surface area contributed by atoms with Gasteiger partial charge in [-0.2, -0.15) is 13.2 Å². The number of carbonyl (C=O) groups is 1. The van der Waals surface area contributed by atoms with E-state index >= 15 is 0 Å². The van der Waals surface area contributed by atoms with Gasteiger partial charge in [-0.25, -0.2) is 0 Å². The fourth-order valence-electron chi connectivity index (χ4n) is 0.999. The van der Waals surface area contributed by atoms with E-state index in [-0.39, 0.29) is 12.8 Å². The number of hydrogen-bond acceptors (Lipinski definition) is 1. The summed E-state index contributed by atoms with van der Waals surface area (Å²) >= 11 is 0. The third kappa shape index (κ3) is 5.83. The standard InChI is InChI=1S/C9H15F3O2/c1-8(2,7(13)14)5-3-4-6-9(10,11)12/h3-6H2,1-2H3,(H,13,14). The molecule has 2 nitrogen and oxygen atoms in total. The Hall–Kier alpha value is -0.740. The van der Waals surface area contributed by atoms with Gasteiger partial charge in [0.25, 0.3) is 0 Å².